The molecule has 0 unspecified atom stereocenters. The number of ether oxygens (including phenoxy) is 1. The standard InChI is InChI=1S/C25H40N4O6S2/c1-7-19(26-6)23(32)29-22(16(4)5)25(34)35-18-10-8-9-11-36-37-14-17(13-30)27-24(33)21(15(2)3)28-20(31)12-18/h7-8,10,13,15-18,21-22,26H,9,11-12,14H2,1-6H3,(H,27,33)(H,28,31)(H,29,32)/b10-8+,19-7-/t17-,18+,21+,22-/m0/s1. The van der Waals surface area contributed by atoms with E-state index in [1.807, 2.05) is 6.08 Å². The summed E-state index contributed by atoms with van der Waals surface area (Å²) in [4.78, 5) is 62.7. The highest BCUT2D eigenvalue weighted by Gasteiger charge is 2.31. The van der Waals surface area contributed by atoms with Crippen LogP contribution in [-0.2, 0) is 28.7 Å². The number of likely N-dealkylation sites (N-methyl/N-ethyl adjacent to an activating group) is 1. The van der Waals surface area contributed by atoms with Crippen LogP contribution in [0, 0.1) is 11.8 Å². The van der Waals surface area contributed by atoms with Crippen molar-refractivity contribution in [1.29, 1.82) is 0 Å². The second-order valence-electron chi connectivity index (χ2n) is 9.19. The number of hydrogen-bond donors (Lipinski definition) is 4. The average molecular weight is 557 g/mol. The molecule has 0 saturated carbocycles. The predicted octanol–water partition coefficient (Wildman–Crippen LogP) is 1.72. The van der Waals surface area contributed by atoms with Crippen molar-refractivity contribution in [2.75, 3.05) is 18.6 Å². The van der Waals surface area contributed by atoms with Gasteiger partial charge in [-0.1, -0.05) is 61.4 Å². The maximum absolute atomic E-state index is 13.1. The summed E-state index contributed by atoms with van der Waals surface area (Å²) in [6, 6.07) is -2.45. The van der Waals surface area contributed by atoms with Crippen molar-refractivity contribution < 1.29 is 28.7 Å². The minimum Gasteiger partial charge on any atom is -0.456 e. The van der Waals surface area contributed by atoms with Crippen LogP contribution in [0.5, 0.6) is 0 Å². The van der Waals surface area contributed by atoms with Crippen molar-refractivity contribution >= 4 is 51.6 Å². The second-order valence-corrected chi connectivity index (χ2v) is 11.8. The molecule has 0 aromatic heterocycles. The van der Waals surface area contributed by atoms with Gasteiger partial charge in [-0.25, -0.2) is 4.79 Å². The van der Waals surface area contributed by atoms with Crippen LogP contribution in [0.25, 0.3) is 0 Å². The largest absolute Gasteiger partial charge is 0.456 e. The van der Waals surface area contributed by atoms with E-state index in [4.69, 9.17) is 4.74 Å². The maximum atomic E-state index is 13.1. The number of aldehydes is 1. The molecule has 37 heavy (non-hydrogen) atoms. The molecule has 0 aromatic carbocycles. The van der Waals surface area contributed by atoms with Crippen molar-refractivity contribution in [3.63, 3.8) is 0 Å². The van der Waals surface area contributed by atoms with Gasteiger partial charge in [-0.05, 0) is 31.3 Å². The number of rotatable bonds is 8. The summed E-state index contributed by atoms with van der Waals surface area (Å²) in [5.74, 6) is -1.39. The lowest BCUT2D eigenvalue weighted by Gasteiger charge is -2.25. The van der Waals surface area contributed by atoms with Crippen LogP contribution in [0.4, 0.5) is 0 Å². The Morgan fingerprint density at radius 3 is 2.43 bits per heavy atom. The monoisotopic (exact) mass is 556 g/mol. The van der Waals surface area contributed by atoms with Crippen LogP contribution in [-0.4, -0.2) is 72.8 Å². The van der Waals surface area contributed by atoms with Gasteiger partial charge in [0.15, 0.2) is 0 Å². The fourth-order valence-electron chi connectivity index (χ4n) is 3.36. The summed E-state index contributed by atoms with van der Waals surface area (Å²) in [6.07, 6.45) is 5.34. The minimum atomic E-state index is -0.926. The Kier molecular flexibility index (Phi) is 15.1. The van der Waals surface area contributed by atoms with Crippen LogP contribution in [0.2, 0.25) is 0 Å². The van der Waals surface area contributed by atoms with E-state index >= 15 is 0 Å². The SMILES string of the molecule is C/C=C(\NC)C(=O)N[C@H](C(=O)O[C@@H]1/C=C/CCSSC[C@H](C=O)NC(=O)[C@@H](C(C)C)NC(=O)C1)C(C)C. The first-order chi connectivity index (χ1) is 17.5. The molecule has 0 spiro atoms. The molecule has 0 saturated heterocycles. The van der Waals surface area contributed by atoms with E-state index in [9.17, 15) is 24.0 Å². The van der Waals surface area contributed by atoms with Crippen LogP contribution in [0.1, 0.15) is 47.5 Å². The van der Waals surface area contributed by atoms with Crippen LogP contribution < -0.4 is 21.3 Å². The molecule has 0 bridgehead atoms. The van der Waals surface area contributed by atoms with E-state index in [1.54, 1.807) is 64.6 Å². The zero-order chi connectivity index (χ0) is 28.0. The first kappa shape index (κ1) is 32.6. The molecule has 1 aliphatic rings. The summed E-state index contributed by atoms with van der Waals surface area (Å²) in [7, 11) is 4.64. The zero-order valence-electron chi connectivity index (χ0n) is 22.4. The van der Waals surface area contributed by atoms with E-state index in [2.05, 4.69) is 21.3 Å². The van der Waals surface area contributed by atoms with Crippen LogP contribution in [0.15, 0.2) is 23.9 Å². The first-order valence-corrected chi connectivity index (χ1v) is 14.8. The Balaban J connectivity index is 3.08. The molecule has 12 heteroatoms. The molecule has 0 aliphatic carbocycles. The highest BCUT2D eigenvalue weighted by molar-refractivity contribution is 8.76. The second kappa shape index (κ2) is 17.1. The third-order valence-electron chi connectivity index (χ3n) is 5.47. The smallest absolute Gasteiger partial charge is 0.329 e. The third kappa shape index (κ3) is 11.6. The van der Waals surface area contributed by atoms with Gasteiger partial charge in [0.1, 0.15) is 24.5 Å². The Labute approximate surface area is 227 Å². The fraction of sp³-hybridized carbons (Fsp3) is 0.640. The summed E-state index contributed by atoms with van der Waals surface area (Å²) in [5, 5.41) is 10.9. The maximum Gasteiger partial charge on any atom is 0.329 e. The Morgan fingerprint density at radius 2 is 1.86 bits per heavy atom. The van der Waals surface area contributed by atoms with Gasteiger partial charge in [0.05, 0.1) is 18.2 Å². The average Bonchev–Trinajstić information content (AvgIpc) is 2.84. The Bertz CT molecular complexity index is 862. The molecule has 10 nitrogen and oxygen atoms in total. The third-order valence-corrected chi connectivity index (χ3v) is 7.94. The molecule has 3 amide bonds. The normalized spacial score (nSPS) is 24.1. The number of allylic oxidation sites excluding steroid dienone is 2. The lowest BCUT2D eigenvalue weighted by atomic mass is 10.0. The van der Waals surface area contributed by atoms with Gasteiger partial charge in [-0.2, -0.15) is 0 Å². The van der Waals surface area contributed by atoms with Gasteiger partial charge in [0, 0.05) is 18.6 Å². The number of carbonyl (C=O) groups is 5. The van der Waals surface area contributed by atoms with Gasteiger partial charge in [-0.3, -0.25) is 14.4 Å². The fourth-order valence-corrected chi connectivity index (χ4v) is 5.48. The molecule has 4 N–H and O–H groups in total. The topological polar surface area (TPSA) is 143 Å². The van der Waals surface area contributed by atoms with Gasteiger partial charge in [0.25, 0.3) is 5.91 Å². The van der Waals surface area contributed by atoms with Crippen molar-refractivity contribution in [3.8, 4) is 0 Å². The summed E-state index contributed by atoms with van der Waals surface area (Å²) >= 11 is 0. The molecular formula is C25H40N4O6S2. The van der Waals surface area contributed by atoms with Gasteiger partial charge < -0.3 is 30.8 Å². The molecule has 1 rings (SSSR count). The molecule has 0 radical (unpaired) electrons. The minimum absolute atomic E-state index is 0.201. The number of carbonyl (C=O) groups excluding carboxylic acids is 5. The highest BCUT2D eigenvalue weighted by Crippen LogP contribution is 2.23. The molecule has 4 atom stereocenters. The number of amides is 3. The lowest BCUT2D eigenvalue weighted by molar-refractivity contribution is -0.153. The number of hydrogen-bond acceptors (Lipinski definition) is 9. The van der Waals surface area contributed by atoms with Crippen LogP contribution >= 0.6 is 21.6 Å². The molecule has 1 aliphatic heterocycles. The first-order valence-electron chi connectivity index (χ1n) is 12.3. The van der Waals surface area contributed by atoms with Crippen molar-refractivity contribution in [1.82, 2.24) is 21.3 Å². The van der Waals surface area contributed by atoms with Gasteiger partial charge >= 0.3 is 5.97 Å². The van der Waals surface area contributed by atoms with Crippen molar-refractivity contribution in [3.05, 3.63) is 23.9 Å². The predicted molar refractivity (Wildman–Crippen MR) is 148 cm³/mol. The summed E-state index contributed by atoms with van der Waals surface area (Å²) < 4.78 is 5.67. The highest BCUT2D eigenvalue weighted by atomic mass is 33.1. The molecule has 0 aromatic rings. The number of esters is 1. The number of nitrogens with one attached hydrogen (secondary N) is 4. The molecular weight excluding hydrogens is 516 g/mol. The summed E-state index contributed by atoms with van der Waals surface area (Å²) in [5.41, 5.74) is 0.317. The van der Waals surface area contributed by atoms with E-state index in [-0.39, 0.29) is 18.3 Å². The Hall–Kier alpha value is -2.47. The molecule has 1 heterocycles. The Morgan fingerprint density at radius 1 is 1.16 bits per heavy atom. The molecule has 0 fully saturated rings. The van der Waals surface area contributed by atoms with Gasteiger partial charge in [-0.15, -0.1) is 0 Å². The van der Waals surface area contributed by atoms with E-state index in [1.165, 1.54) is 10.8 Å². The summed E-state index contributed by atoms with van der Waals surface area (Å²) in [6.45, 7) is 8.85. The van der Waals surface area contributed by atoms with Crippen molar-refractivity contribution in [2.45, 2.75) is 71.7 Å². The van der Waals surface area contributed by atoms with Crippen molar-refractivity contribution in [2.24, 2.45) is 11.8 Å². The molecule has 208 valence electrons. The zero-order valence-corrected chi connectivity index (χ0v) is 24.0. The van der Waals surface area contributed by atoms with E-state index in [0.717, 1.165) is 5.75 Å². The van der Waals surface area contributed by atoms with Crippen LogP contribution in [0.3, 0.4) is 0 Å². The van der Waals surface area contributed by atoms with E-state index in [0.29, 0.717) is 24.2 Å². The lowest BCUT2D eigenvalue weighted by Crippen LogP contribution is -2.53. The van der Waals surface area contributed by atoms with Gasteiger partial charge in [0.2, 0.25) is 11.8 Å². The quantitative estimate of drug-likeness (QED) is 0.116. The van der Waals surface area contributed by atoms with E-state index < -0.39 is 47.9 Å².